The maximum Gasteiger partial charge on any atom is -0.000697 e. The molecule has 0 unspecified atom stereocenters. The van der Waals surface area contributed by atoms with Crippen molar-refractivity contribution in [2.45, 2.75) is 165 Å². The molecule has 13 aromatic rings. The summed E-state index contributed by atoms with van der Waals surface area (Å²) >= 11 is 0. The average molecular weight is 1060 g/mol. The lowest BCUT2D eigenvalue weighted by molar-refractivity contribution is 0.568. The number of hydrogen-bond donors (Lipinski definition) is 0. The van der Waals surface area contributed by atoms with Crippen LogP contribution in [0.3, 0.4) is 0 Å². The zero-order chi connectivity index (χ0) is 56.7. The molecule has 0 heterocycles. The molecule has 0 heteroatoms. The smallest absolute Gasteiger partial charge is 0.000697 e. The van der Waals surface area contributed by atoms with Gasteiger partial charge >= 0.3 is 0 Å². The van der Waals surface area contributed by atoms with E-state index in [1.807, 2.05) is 0 Å². The van der Waals surface area contributed by atoms with Crippen molar-refractivity contribution in [3.8, 4) is 33.4 Å². The Kier molecular flexibility index (Phi) is 12.0. The molecule has 81 heavy (non-hydrogen) atoms. The quantitative estimate of drug-likeness (QED) is 0.155. The second-order valence-corrected chi connectivity index (χ2v) is 30.3. The van der Waals surface area contributed by atoms with Gasteiger partial charge < -0.3 is 0 Å². The van der Waals surface area contributed by atoms with Crippen molar-refractivity contribution in [3.05, 3.63) is 191 Å². The van der Waals surface area contributed by atoms with Gasteiger partial charge in [0.05, 0.1) is 0 Å². The molecule has 0 radical (unpaired) electrons. The summed E-state index contributed by atoms with van der Waals surface area (Å²) in [5.41, 5.74) is 15.6. The van der Waals surface area contributed by atoms with E-state index < -0.39 is 0 Å². The Hall–Kier alpha value is -7.28. The molecule has 0 spiro atoms. The van der Waals surface area contributed by atoms with Gasteiger partial charge in [0.1, 0.15) is 0 Å². The van der Waals surface area contributed by atoms with Crippen LogP contribution in [0.25, 0.3) is 130 Å². The second-order valence-electron chi connectivity index (χ2n) is 30.3. The van der Waals surface area contributed by atoms with Crippen LogP contribution < -0.4 is 0 Å². The predicted molar refractivity (Wildman–Crippen MR) is 362 cm³/mol. The first-order chi connectivity index (χ1) is 37.4. The lowest BCUT2D eigenvalue weighted by atomic mass is 9.76. The maximum absolute atomic E-state index is 2.62. The molecule has 13 rings (SSSR count). The first-order valence-corrected chi connectivity index (χ1v) is 29.6. The Morgan fingerprint density at radius 1 is 0.210 bits per heavy atom. The van der Waals surface area contributed by atoms with Crippen LogP contribution in [0.1, 0.15) is 165 Å². The highest BCUT2D eigenvalue weighted by molar-refractivity contribution is 6.46. The molecule has 0 aromatic heterocycles. The normalized spacial score (nSPS) is 13.5. The first-order valence-electron chi connectivity index (χ1n) is 29.6. The van der Waals surface area contributed by atoms with Gasteiger partial charge in [-0.25, -0.2) is 0 Å². The molecule has 0 N–H and O–H groups in total. The number of hydrogen-bond acceptors (Lipinski definition) is 0. The minimum absolute atomic E-state index is 0. The van der Waals surface area contributed by atoms with Gasteiger partial charge in [-0.05, 0) is 220 Å². The average Bonchev–Trinajstić information content (AvgIpc) is 1.83. The van der Waals surface area contributed by atoms with Crippen LogP contribution >= 0.6 is 0 Å². The van der Waals surface area contributed by atoms with Crippen molar-refractivity contribution in [2.24, 2.45) is 0 Å². The topological polar surface area (TPSA) is 0 Å². The Morgan fingerprint density at radius 2 is 0.654 bits per heavy atom. The minimum Gasteiger partial charge on any atom is -0.0776 e. The summed E-state index contributed by atoms with van der Waals surface area (Å²) in [5.74, 6) is 0. The van der Waals surface area contributed by atoms with Gasteiger partial charge in [-0.3, -0.25) is 0 Å². The van der Waals surface area contributed by atoms with Crippen LogP contribution in [-0.4, -0.2) is 0 Å². The van der Waals surface area contributed by atoms with Crippen LogP contribution in [0.2, 0.25) is 0 Å². The standard InChI is InChI=1S/C80H80.CH4/c1-75(2,3)50-31-29-46-34-55(80(16,17)18)43-64(63(46)42-50)45-30-32-56-47(33-45)39-66-71-59(56)25-21-28-62(71)73-68(48-35-51(76(4,5)6)40-52(36-48)77(7,8)9)67-44-65-58-24-20-19-23-57(58)60-26-22-27-61(70(60)65)72(67)69(74(66)73)49-37-53(78(10,11)12)41-54(38-49)79(13,14)15;/h19-44H,1-18H3;1H4. The summed E-state index contributed by atoms with van der Waals surface area (Å²) < 4.78 is 0. The van der Waals surface area contributed by atoms with Gasteiger partial charge in [0.15, 0.2) is 0 Å². The van der Waals surface area contributed by atoms with Gasteiger partial charge in [0.25, 0.3) is 0 Å². The molecule has 0 aliphatic rings. The van der Waals surface area contributed by atoms with E-state index in [4.69, 9.17) is 0 Å². The van der Waals surface area contributed by atoms with E-state index in [1.165, 1.54) is 164 Å². The van der Waals surface area contributed by atoms with Crippen molar-refractivity contribution in [3.63, 3.8) is 0 Å². The number of fused-ring (bicyclic) bond motifs is 11. The van der Waals surface area contributed by atoms with Crippen LogP contribution in [0.4, 0.5) is 0 Å². The van der Waals surface area contributed by atoms with E-state index in [-0.39, 0.29) is 39.9 Å². The van der Waals surface area contributed by atoms with Gasteiger partial charge in [-0.2, -0.15) is 0 Å². The van der Waals surface area contributed by atoms with Crippen molar-refractivity contribution < 1.29 is 0 Å². The Labute approximate surface area is 483 Å². The lowest BCUT2D eigenvalue weighted by Gasteiger charge is -2.28. The molecule has 408 valence electrons. The van der Waals surface area contributed by atoms with Crippen molar-refractivity contribution in [2.75, 3.05) is 0 Å². The first kappa shape index (κ1) is 54.3. The fourth-order valence-corrected chi connectivity index (χ4v) is 13.5. The van der Waals surface area contributed by atoms with Crippen LogP contribution in [0.5, 0.6) is 0 Å². The van der Waals surface area contributed by atoms with Gasteiger partial charge in [0, 0.05) is 0 Å². The third-order valence-corrected chi connectivity index (χ3v) is 18.4. The molecule has 0 saturated carbocycles. The zero-order valence-corrected chi connectivity index (χ0v) is 51.0. The molecule has 0 saturated heterocycles. The van der Waals surface area contributed by atoms with E-state index in [0.29, 0.717) is 0 Å². The van der Waals surface area contributed by atoms with E-state index in [9.17, 15) is 0 Å². The highest BCUT2D eigenvalue weighted by Crippen LogP contribution is 2.57. The molecule has 0 amide bonds. The summed E-state index contributed by atoms with van der Waals surface area (Å²) in [5, 5.41) is 23.8. The third kappa shape index (κ3) is 8.59. The molecule has 13 aromatic carbocycles. The van der Waals surface area contributed by atoms with E-state index in [2.05, 4.69) is 282 Å². The Morgan fingerprint density at radius 3 is 1.20 bits per heavy atom. The van der Waals surface area contributed by atoms with E-state index >= 15 is 0 Å². The van der Waals surface area contributed by atoms with Crippen molar-refractivity contribution in [1.29, 1.82) is 0 Å². The van der Waals surface area contributed by atoms with Crippen molar-refractivity contribution in [1.82, 2.24) is 0 Å². The molecule has 0 aliphatic carbocycles. The van der Waals surface area contributed by atoms with Crippen LogP contribution in [0, 0.1) is 0 Å². The number of benzene rings is 11. The fraction of sp³-hybridized carbons (Fsp3) is 0.309. The highest BCUT2D eigenvalue weighted by atomic mass is 14.3. The summed E-state index contributed by atoms with van der Waals surface area (Å²) in [6, 6.07) is 63.4. The molecular weight excluding hydrogens is 973 g/mol. The van der Waals surface area contributed by atoms with Crippen molar-refractivity contribution >= 4 is 97.0 Å². The summed E-state index contributed by atoms with van der Waals surface area (Å²) in [4.78, 5) is 0. The van der Waals surface area contributed by atoms with Crippen LogP contribution in [0.15, 0.2) is 158 Å². The maximum atomic E-state index is 2.62. The summed E-state index contributed by atoms with van der Waals surface area (Å²) in [7, 11) is 0. The Balaban J connectivity index is 0.00000651. The predicted octanol–water partition coefficient (Wildman–Crippen LogP) is 24.4. The molecule has 0 atom stereocenters. The molecule has 0 aliphatic heterocycles. The minimum atomic E-state index is -0.0870. The summed E-state index contributed by atoms with van der Waals surface area (Å²) in [6.45, 7) is 42.6. The van der Waals surface area contributed by atoms with Gasteiger partial charge in [-0.1, -0.05) is 266 Å². The summed E-state index contributed by atoms with van der Waals surface area (Å²) in [6.07, 6.45) is 0. The highest BCUT2D eigenvalue weighted by Gasteiger charge is 2.31. The van der Waals surface area contributed by atoms with E-state index in [1.54, 1.807) is 0 Å². The van der Waals surface area contributed by atoms with Gasteiger partial charge in [0.2, 0.25) is 0 Å². The third-order valence-electron chi connectivity index (χ3n) is 18.4. The lowest BCUT2D eigenvalue weighted by Crippen LogP contribution is -2.16. The van der Waals surface area contributed by atoms with Crippen LogP contribution in [-0.2, 0) is 32.5 Å². The largest absolute Gasteiger partial charge is 0.0776 e. The molecule has 0 bridgehead atoms. The molecule has 0 nitrogen and oxygen atoms in total. The van der Waals surface area contributed by atoms with Gasteiger partial charge in [-0.15, -0.1) is 0 Å². The SMILES string of the molecule is C.CC(C)(C)c1cc(-c2c3cc4c5ccccc5c5cccc(c3c(-c3cc(C(C)(C)C)cc(C(C)(C)C)c3)c3c6cc7cc(-c8cc(C(C)(C)C)cc9ccc(C(C)(C)C)cc89)ccc7c7cccc(c23)c76)c54)cc(C(C)(C)C)c1. The molecule has 0 fully saturated rings. The monoisotopic (exact) mass is 1060 g/mol. The second kappa shape index (κ2) is 17.9. The van der Waals surface area contributed by atoms with E-state index in [0.717, 1.165) is 0 Å². The fourth-order valence-electron chi connectivity index (χ4n) is 13.5. The zero-order valence-electron chi connectivity index (χ0n) is 51.0. The Bertz CT molecular complexity index is 4650. The number of rotatable bonds is 3. The molecular formula is C81H84.